The van der Waals surface area contributed by atoms with Gasteiger partial charge in [-0.3, -0.25) is 0 Å². The van der Waals surface area contributed by atoms with Crippen molar-refractivity contribution in [1.82, 2.24) is 14.7 Å². The van der Waals surface area contributed by atoms with Crippen LogP contribution >= 0.6 is 11.6 Å². The number of nitrogens with zero attached hydrogens (tertiary/aromatic N) is 1. The van der Waals surface area contributed by atoms with E-state index in [0.717, 1.165) is 16.5 Å². The normalized spacial score (nSPS) is 12.1. The van der Waals surface area contributed by atoms with Gasteiger partial charge in [-0.15, -0.1) is 0 Å². The largest absolute Gasteiger partial charge is 0.504 e. The topological polar surface area (TPSA) is 95.1 Å². The molecule has 0 unspecified atom stereocenters. The molecule has 0 saturated heterocycles. The van der Waals surface area contributed by atoms with Crippen LogP contribution in [-0.4, -0.2) is 30.0 Å². The third-order valence-electron chi connectivity index (χ3n) is 4.66. The number of aromatic amines is 1. The number of para-hydroxylation sites is 1. The zero-order chi connectivity index (χ0) is 19.9. The lowest BCUT2D eigenvalue weighted by molar-refractivity contribution is 0.463. The molecule has 0 spiro atoms. The number of fused-ring (bicyclic) bond motifs is 2. The summed E-state index contributed by atoms with van der Waals surface area (Å²) < 4.78 is 28.1. The minimum Gasteiger partial charge on any atom is -0.504 e. The third-order valence-corrected chi connectivity index (χ3v) is 6.45. The molecule has 3 N–H and O–H groups in total. The van der Waals surface area contributed by atoms with Crippen LogP contribution in [0.15, 0.2) is 53.6 Å². The number of aromatic hydroxyl groups is 1. The summed E-state index contributed by atoms with van der Waals surface area (Å²) in [5.41, 5.74) is 2.84. The van der Waals surface area contributed by atoms with Gasteiger partial charge in [0.25, 0.3) is 0 Å². The van der Waals surface area contributed by atoms with Crippen molar-refractivity contribution in [2.24, 2.45) is 0 Å². The van der Waals surface area contributed by atoms with E-state index in [9.17, 15) is 13.5 Å². The van der Waals surface area contributed by atoms with Crippen LogP contribution in [0.1, 0.15) is 11.3 Å². The van der Waals surface area contributed by atoms with Crippen LogP contribution < -0.4 is 4.72 Å². The van der Waals surface area contributed by atoms with Gasteiger partial charge in [0.1, 0.15) is 10.4 Å². The molecule has 4 aromatic rings. The number of halogens is 1. The van der Waals surface area contributed by atoms with Crippen molar-refractivity contribution in [3.05, 3.63) is 64.9 Å². The van der Waals surface area contributed by atoms with E-state index < -0.39 is 15.8 Å². The predicted octanol–water partition coefficient (Wildman–Crippen LogP) is 3.90. The van der Waals surface area contributed by atoms with Gasteiger partial charge in [-0.05, 0) is 43.2 Å². The van der Waals surface area contributed by atoms with Crippen molar-refractivity contribution in [3.8, 4) is 5.75 Å². The van der Waals surface area contributed by atoms with E-state index in [-0.39, 0.29) is 22.0 Å². The minimum absolute atomic E-state index is 0.171. The van der Waals surface area contributed by atoms with Gasteiger partial charge in [0.05, 0.1) is 5.02 Å². The molecule has 0 aliphatic rings. The Kier molecular flexibility index (Phi) is 4.74. The van der Waals surface area contributed by atoms with Crippen LogP contribution in [0.5, 0.6) is 5.75 Å². The molecule has 8 heteroatoms. The van der Waals surface area contributed by atoms with Gasteiger partial charge in [0, 0.05) is 34.7 Å². The van der Waals surface area contributed by atoms with Crippen LogP contribution in [0.3, 0.4) is 0 Å². The molecule has 2 heterocycles. The Morgan fingerprint density at radius 3 is 2.79 bits per heavy atom. The van der Waals surface area contributed by atoms with Crippen molar-refractivity contribution in [2.45, 2.75) is 18.2 Å². The van der Waals surface area contributed by atoms with E-state index in [2.05, 4.69) is 14.7 Å². The van der Waals surface area contributed by atoms with Gasteiger partial charge in [-0.25, -0.2) is 18.1 Å². The fraction of sp³-hybridized carbons (Fsp3) is 0.150. The molecule has 2 aromatic heterocycles. The number of nitrogens with one attached hydrogen (secondary N) is 2. The van der Waals surface area contributed by atoms with Gasteiger partial charge in [0.2, 0.25) is 10.0 Å². The molecule has 0 amide bonds. The Labute approximate surface area is 167 Å². The first-order valence-corrected chi connectivity index (χ1v) is 10.6. The number of sulfonamides is 1. The van der Waals surface area contributed by atoms with Gasteiger partial charge in [-0.1, -0.05) is 29.8 Å². The standard InChI is InChI=1S/C20H18ClN3O3S/c1-12-6-7-15-16(21)10-18(20(25)19(15)24-12)28(26,27)23-9-8-13-11-22-17-5-3-2-4-14(13)17/h2-7,10-11,22-23,25H,8-9H2,1H3. The first-order valence-electron chi connectivity index (χ1n) is 8.70. The van der Waals surface area contributed by atoms with Gasteiger partial charge in [-0.2, -0.15) is 0 Å². The maximum Gasteiger partial charge on any atom is 0.244 e. The summed E-state index contributed by atoms with van der Waals surface area (Å²) in [6, 6.07) is 12.5. The number of rotatable bonds is 5. The second-order valence-corrected chi connectivity index (χ2v) is 8.70. The number of H-pyrrole nitrogens is 1. The fourth-order valence-corrected chi connectivity index (χ4v) is 4.73. The molecule has 144 valence electrons. The van der Waals surface area contributed by atoms with Crippen LogP contribution in [0, 0.1) is 6.92 Å². The molecule has 4 rings (SSSR count). The summed E-state index contributed by atoms with van der Waals surface area (Å²) in [6.07, 6.45) is 2.37. The second-order valence-electron chi connectivity index (χ2n) is 6.56. The summed E-state index contributed by atoms with van der Waals surface area (Å²) in [6.45, 7) is 1.94. The van der Waals surface area contributed by atoms with Crippen LogP contribution in [-0.2, 0) is 16.4 Å². The second kappa shape index (κ2) is 7.09. The van der Waals surface area contributed by atoms with E-state index >= 15 is 0 Å². The van der Waals surface area contributed by atoms with E-state index in [0.29, 0.717) is 17.5 Å². The van der Waals surface area contributed by atoms with Crippen LogP contribution in [0.4, 0.5) is 0 Å². The summed E-state index contributed by atoms with van der Waals surface area (Å²) in [5, 5.41) is 12.3. The molecule has 0 fully saturated rings. The number of pyridine rings is 1. The Morgan fingerprint density at radius 1 is 1.18 bits per heavy atom. The average molecular weight is 416 g/mol. The molecule has 0 aliphatic heterocycles. The molecule has 6 nitrogen and oxygen atoms in total. The average Bonchev–Trinajstić information content (AvgIpc) is 3.07. The lowest BCUT2D eigenvalue weighted by Crippen LogP contribution is -2.26. The molecule has 0 saturated carbocycles. The Hall–Kier alpha value is -2.61. The minimum atomic E-state index is -3.96. The highest BCUT2D eigenvalue weighted by atomic mass is 35.5. The van der Waals surface area contributed by atoms with E-state index in [1.54, 1.807) is 19.1 Å². The van der Waals surface area contributed by atoms with Crippen LogP contribution in [0.25, 0.3) is 21.8 Å². The van der Waals surface area contributed by atoms with Crippen LogP contribution in [0.2, 0.25) is 5.02 Å². The molecular weight excluding hydrogens is 398 g/mol. The number of phenolic OH excluding ortho intramolecular Hbond substituents is 1. The number of phenols is 1. The number of benzene rings is 2. The molecule has 0 bridgehead atoms. The summed E-state index contributed by atoms with van der Waals surface area (Å²) in [4.78, 5) is 7.13. The van der Waals surface area contributed by atoms with E-state index in [4.69, 9.17) is 11.6 Å². The Balaban J connectivity index is 1.61. The maximum atomic E-state index is 12.8. The van der Waals surface area contributed by atoms with Gasteiger partial charge < -0.3 is 10.1 Å². The highest BCUT2D eigenvalue weighted by molar-refractivity contribution is 7.89. The number of aryl methyl sites for hydroxylation is 1. The van der Waals surface area contributed by atoms with Gasteiger partial charge in [0.15, 0.2) is 5.75 Å². The lowest BCUT2D eigenvalue weighted by atomic mass is 10.1. The molecule has 0 aliphatic carbocycles. The molecule has 0 radical (unpaired) electrons. The SMILES string of the molecule is Cc1ccc2c(Cl)cc(S(=O)(=O)NCCc3c[nH]c4ccccc34)c(O)c2n1. The van der Waals surface area contributed by atoms with Gasteiger partial charge >= 0.3 is 0 Å². The maximum absolute atomic E-state index is 12.8. The van der Waals surface area contributed by atoms with E-state index in [1.807, 2.05) is 30.5 Å². The molecular formula is C20H18ClN3O3S. The first kappa shape index (κ1) is 18.7. The molecule has 0 atom stereocenters. The fourth-order valence-electron chi connectivity index (χ4n) is 3.25. The van der Waals surface area contributed by atoms with Crippen molar-refractivity contribution in [2.75, 3.05) is 6.54 Å². The quantitative estimate of drug-likeness (QED) is 0.460. The zero-order valence-corrected chi connectivity index (χ0v) is 16.6. The summed E-state index contributed by atoms with van der Waals surface area (Å²) in [7, 11) is -3.96. The predicted molar refractivity (Wildman–Crippen MR) is 110 cm³/mol. The summed E-state index contributed by atoms with van der Waals surface area (Å²) >= 11 is 6.23. The summed E-state index contributed by atoms with van der Waals surface area (Å²) in [5.74, 6) is -0.400. The third kappa shape index (κ3) is 3.32. The molecule has 28 heavy (non-hydrogen) atoms. The Bertz CT molecular complexity index is 1300. The number of aromatic nitrogens is 2. The van der Waals surface area contributed by atoms with Crippen molar-refractivity contribution >= 4 is 43.4 Å². The molecule has 2 aromatic carbocycles. The van der Waals surface area contributed by atoms with Crippen molar-refractivity contribution < 1.29 is 13.5 Å². The van der Waals surface area contributed by atoms with Crippen molar-refractivity contribution in [3.63, 3.8) is 0 Å². The number of hydrogen-bond acceptors (Lipinski definition) is 4. The monoisotopic (exact) mass is 415 g/mol. The number of hydrogen-bond donors (Lipinski definition) is 3. The highest BCUT2D eigenvalue weighted by Gasteiger charge is 2.23. The van der Waals surface area contributed by atoms with E-state index in [1.165, 1.54) is 6.07 Å². The highest BCUT2D eigenvalue weighted by Crippen LogP contribution is 2.35. The Morgan fingerprint density at radius 2 is 1.96 bits per heavy atom. The zero-order valence-electron chi connectivity index (χ0n) is 15.0. The smallest absolute Gasteiger partial charge is 0.244 e. The first-order chi connectivity index (χ1) is 13.4. The lowest BCUT2D eigenvalue weighted by Gasteiger charge is -2.11. The van der Waals surface area contributed by atoms with Crippen molar-refractivity contribution in [1.29, 1.82) is 0 Å².